The molecule has 1 atom stereocenters. The molecule has 0 saturated heterocycles. The summed E-state index contributed by atoms with van der Waals surface area (Å²) in [4.78, 5) is 0. The second-order valence-corrected chi connectivity index (χ2v) is 5.07. The Balaban J connectivity index is 2.12. The molecule has 0 aliphatic heterocycles. The van der Waals surface area contributed by atoms with Gasteiger partial charge in [-0.3, -0.25) is 0 Å². The molecule has 0 aliphatic rings. The molecule has 0 saturated carbocycles. The highest BCUT2D eigenvalue weighted by Crippen LogP contribution is 2.29. The van der Waals surface area contributed by atoms with Crippen molar-refractivity contribution in [1.29, 1.82) is 0 Å². The summed E-state index contributed by atoms with van der Waals surface area (Å²) in [5.41, 5.74) is 1.21. The average molecular weight is 296 g/mol. The maximum absolute atomic E-state index is 5.95. The highest BCUT2D eigenvalue weighted by Gasteiger charge is 2.04. The number of halogens is 2. The van der Waals surface area contributed by atoms with Crippen LogP contribution in [0.2, 0.25) is 10.0 Å². The van der Waals surface area contributed by atoms with E-state index in [-0.39, 0.29) is 0 Å². The van der Waals surface area contributed by atoms with Crippen LogP contribution < -0.4 is 10.1 Å². The van der Waals surface area contributed by atoms with Gasteiger partial charge in [0.2, 0.25) is 0 Å². The molecular formula is C15H15Cl2NO. The van der Waals surface area contributed by atoms with Gasteiger partial charge in [0.05, 0.1) is 10.0 Å². The Morgan fingerprint density at radius 2 is 1.58 bits per heavy atom. The van der Waals surface area contributed by atoms with Gasteiger partial charge in [0, 0.05) is 12.1 Å². The van der Waals surface area contributed by atoms with Crippen molar-refractivity contribution in [3.05, 3.63) is 58.1 Å². The number of ether oxygens (including phenoxy) is 1. The lowest BCUT2D eigenvalue weighted by Crippen LogP contribution is -2.11. The Labute approximate surface area is 123 Å². The van der Waals surface area contributed by atoms with E-state index >= 15 is 0 Å². The van der Waals surface area contributed by atoms with Crippen molar-refractivity contribution in [3.63, 3.8) is 0 Å². The minimum absolute atomic E-state index is 0.319. The molecule has 0 aromatic heterocycles. The van der Waals surface area contributed by atoms with Crippen LogP contribution in [-0.4, -0.2) is 7.05 Å². The van der Waals surface area contributed by atoms with E-state index in [9.17, 15) is 0 Å². The smallest absolute Gasteiger partial charge is 0.129 e. The average Bonchev–Trinajstić information content (AvgIpc) is 2.43. The molecule has 0 heterocycles. The number of nitrogens with one attached hydrogen (secondary N) is 1. The third-order valence-corrected chi connectivity index (χ3v) is 3.68. The zero-order valence-electron chi connectivity index (χ0n) is 10.8. The summed E-state index contributed by atoms with van der Waals surface area (Å²) in [6.07, 6.45) is 0. The van der Waals surface area contributed by atoms with Gasteiger partial charge < -0.3 is 10.1 Å². The fourth-order valence-corrected chi connectivity index (χ4v) is 1.96. The first-order valence-corrected chi connectivity index (χ1v) is 6.76. The molecule has 4 heteroatoms. The van der Waals surface area contributed by atoms with Gasteiger partial charge in [-0.25, -0.2) is 0 Å². The van der Waals surface area contributed by atoms with Gasteiger partial charge in [-0.1, -0.05) is 35.3 Å². The summed E-state index contributed by atoms with van der Waals surface area (Å²) in [6.45, 7) is 2.11. The van der Waals surface area contributed by atoms with E-state index in [1.54, 1.807) is 18.2 Å². The summed E-state index contributed by atoms with van der Waals surface area (Å²) >= 11 is 11.8. The molecule has 0 spiro atoms. The Kier molecular flexibility index (Phi) is 4.70. The Morgan fingerprint density at radius 1 is 0.947 bits per heavy atom. The molecule has 2 aromatic carbocycles. The van der Waals surface area contributed by atoms with Crippen molar-refractivity contribution < 1.29 is 4.74 Å². The monoisotopic (exact) mass is 295 g/mol. The molecule has 2 nitrogen and oxygen atoms in total. The third kappa shape index (κ3) is 3.63. The zero-order chi connectivity index (χ0) is 13.8. The standard InChI is InChI=1S/C15H15Cl2NO/c1-10(18-2)11-3-5-12(6-4-11)19-13-7-8-14(16)15(17)9-13/h3-10,18H,1-2H3. The molecule has 2 aromatic rings. The molecule has 0 fully saturated rings. The van der Waals surface area contributed by atoms with Crippen LogP contribution in [0.5, 0.6) is 11.5 Å². The summed E-state index contributed by atoms with van der Waals surface area (Å²) in [5.74, 6) is 1.44. The number of rotatable bonds is 4. The molecule has 0 amide bonds. The maximum Gasteiger partial charge on any atom is 0.129 e. The molecule has 0 bridgehead atoms. The van der Waals surface area contributed by atoms with Gasteiger partial charge in [-0.15, -0.1) is 0 Å². The molecule has 100 valence electrons. The van der Waals surface area contributed by atoms with Gasteiger partial charge >= 0.3 is 0 Å². The van der Waals surface area contributed by atoms with E-state index < -0.39 is 0 Å². The van der Waals surface area contributed by atoms with Crippen LogP contribution in [0.3, 0.4) is 0 Å². The van der Waals surface area contributed by atoms with Crippen molar-refractivity contribution in [2.24, 2.45) is 0 Å². The van der Waals surface area contributed by atoms with Crippen molar-refractivity contribution in [2.45, 2.75) is 13.0 Å². The van der Waals surface area contributed by atoms with Gasteiger partial charge in [-0.2, -0.15) is 0 Å². The van der Waals surface area contributed by atoms with Crippen molar-refractivity contribution in [1.82, 2.24) is 5.32 Å². The van der Waals surface area contributed by atoms with Crippen LogP contribution in [0.1, 0.15) is 18.5 Å². The predicted molar refractivity (Wildman–Crippen MR) is 80.5 cm³/mol. The van der Waals surface area contributed by atoms with Crippen molar-refractivity contribution in [2.75, 3.05) is 7.05 Å². The number of benzene rings is 2. The third-order valence-electron chi connectivity index (χ3n) is 2.94. The fourth-order valence-electron chi connectivity index (χ4n) is 1.67. The molecule has 1 unspecified atom stereocenters. The van der Waals surface area contributed by atoms with Gasteiger partial charge in [-0.05, 0) is 43.8 Å². The Hall–Kier alpha value is -1.22. The lowest BCUT2D eigenvalue weighted by atomic mass is 10.1. The van der Waals surface area contributed by atoms with E-state index in [0.29, 0.717) is 21.8 Å². The van der Waals surface area contributed by atoms with Gasteiger partial charge in [0.25, 0.3) is 0 Å². The van der Waals surface area contributed by atoms with Crippen molar-refractivity contribution >= 4 is 23.2 Å². The van der Waals surface area contributed by atoms with Crippen LogP contribution in [0.25, 0.3) is 0 Å². The molecular weight excluding hydrogens is 281 g/mol. The van der Waals surface area contributed by atoms with E-state index in [1.165, 1.54) is 5.56 Å². The second kappa shape index (κ2) is 6.29. The largest absolute Gasteiger partial charge is 0.457 e. The molecule has 0 aliphatic carbocycles. The minimum Gasteiger partial charge on any atom is -0.457 e. The predicted octanol–water partition coefficient (Wildman–Crippen LogP) is 5.07. The molecule has 19 heavy (non-hydrogen) atoms. The summed E-state index contributed by atoms with van der Waals surface area (Å²) in [5, 5.41) is 4.20. The van der Waals surface area contributed by atoms with Crippen LogP contribution in [-0.2, 0) is 0 Å². The van der Waals surface area contributed by atoms with Crippen LogP contribution >= 0.6 is 23.2 Å². The first kappa shape index (κ1) is 14.2. The van der Waals surface area contributed by atoms with E-state index in [0.717, 1.165) is 5.75 Å². The Morgan fingerprint density at radius 3 is 2.16 bits per heavy atom. The zero-order valence-corrected chi connectivity index (χ0v) is 12.3. The molecule has 0 radical (unpaired) electrons. The lowest BCUT2D eigenvalue weighted by Gasteiger charge is -2.12. The summed E-state index contributed by atoms with van der Waals surface area (Å²) in [7, 11) is 1.94. The number of hydrogen-bond acceptors (Lipinski definition) is 2. The fraction of sp³-hybridized carbons (Fsp3) is 0.200. The van der Waals surface area contributed by atoms with Crippen LogP contribution in [0, 0.1) is 0 Å². The minimum atomic E-state index is 0.319. The SMILES string of the molecule is CNC(C)c1ccc(Oc2ccc(Cl)c(Cl)c2)cc1. The highest BCUT2D eigenvalue weighted by molar-refractivity contribution is 6.42. The summed E-state index contributed by atoms with van der Waals surface area (Å²) < 4.78 is 5.72. The molecule has 1 N–H and O–H groups in total. The topological polar surface area (TPSA) is 21.3 Å². The summed E-state index contributed by atoms with van der Waals surface area (Å²) in [6, 6.07) is 13.5. The lowest BCUT2D eigenvalue weighted by molar-refractivity contribution is 0.482. The second-order valence-electron chi connectivity index (χ2n) is 4.26. The van der Waals surface area contributed by atoms with Gasteiger partial charge in [0.15, 0.2) is 0 Å². The first-order chi connectivity index (χ1) is 9.10. The van der Waals surface area contributed by atoms with E-state index in [4.69, 9.17) is 27.9 Å². The highest BCUT2D eigenvalue weighted by atomic mass is 35.5. The molecule has 2 rings (SSSR count). The van der Waals surface area contributed by atoms with Crippen LogP contribution in [0.15, 0.2) is 42.5 Å². The van der Waals surface area contributed by atoms with Crippen LogP contribution in [0.4, 0.5) is 0 Å². The van der Waals surface area contributed by atoms with Gasteiger partial charge in [0.1, 0.15) is 11.5 Å². The quantitative estimate of drug-likeness (QED) is 0.850. The van der Waals surface area contributed by atoms with E-state index in [1.807, 2.05) is 31.3 Å². The Bertz CT molecular complexity index is 555. The van der Waals surface area contributed by atoms with Crippen molar-refractivity contribution in [3.8, 4) is 11.5 Å². The normalized spacial score (nSPS) is 12.2. The first-order valence-electron chi connectivity index (χ1n) is 6.00. The number of hydrogen-bond donors (Lipinski definition) is 1. The maximum atomic E-state index is 5.95. The van der Waals surface area contributed by atoms with E-state index in [2.05, 4.69) is 12.2 Å².